The van der Waals surface area contributed by atoms with Gasteiger partial charge in [0, 0.05) is 10.5 Å². The van der Waals surface area contributed by atoms with Crippen LogP contribution in [0, 0.1) is 17.6 Å². The summed E-state index contributed by atoms with van der Waals surface area (Å²) in [5.74, 6) is -2.43. The van der Waals surface area contributed by atoms with Crippen LogP contribution in [0.4, 0.5) is 14.5 Å². The summed E-state index contributed by atoms with van der Waals surface area (Å²) in [7, 11) is 0. The molecule has 0 aliphatic carbocycles. The lowest BCUT2D eigenvalue weighted by molar-refractivity contribution is -0.143. The van der Waals surface area contributed by atoms with Gasteiger partial charge in [-0.1, -0.05) is 31.5 Å². The zero-order chi connectivity index (χ0) is 20.8. The van der Waals surface area contributed by atoms with Gasteiger partial charge in [-0.3, -0.25) is 9.59 Å². The molecule has 0 saturated carbocycles. The molecule has 1 N–H and O–H groups in total. The highest BCUT2D eigenvalue weighted by Crippen LogP contribution is 2.37. The lowest BCUT2D eigenvalue weighted by Gasteiger charge is -2.20. The number of amides is 1. The first-order chi connectivity index (χ1) is 13.2. The molecule has 0 fully saturated rings. The lowest BCUT2D eigenvalue weighted by Crippen LogP contribution is -2.25. The zero-order valence-electron chi connectivity index (χ0n) is 15.6. The third-order valence-electron chi connectivity index (χ3n) is 3.73. The Hall–Kier alpha value is -2.12. The molecule has 0 aromatic heterocycles. The summed E-state index contributed by atoms with van der Waals surface area (Å²) in [6.07, 6.45) is 0. The third-order valence-corrected chi connectivity index (χ3v) is 5.74. The van der Waals surface area contributed by atoms with Crippen molar-refractivity contribution in [2.45, 2.75) is 30.9 Å². The van der Waals surface area contributed by atoms with E-state index in [1.807, 2.05) is 13.8 Å². The van der Waals surface area contributed by atoms with Crippen LogP contribution in [0.2, 0.25) is 5.02 Å². The number of esters is 1. The van der Waals surface area contributed by atoms with Gasteiger partial charge in [0.25, 0.3) is 5.91 Å². The van der Waals surface area contributed by atoms with Crippen molar-refractivity contribution in [3.05, 3.63) is 58.6 Å². The number of carbonyl (C=O) groups is 2. The van der Waals surface area contributed by atoms with Crippen molar-refractivity contribution in [2.75, 3.05) is 11.9 Å². The zero-order valence-corrected chi connectivity index (χ0v) is 17.2. The SMILES string of the molecule is CCOC(=O)C(Sc1cc(NC(=O)c2cccc(F)c2)c(F)cc1Cl)C(C)C. The summed E-state index contributed by atoms with van der Waals surface area (Å²) in [6, 6.07) is 7.47. The van der Waals surface area contributed by atoms with Crippen LogP contribution in [0.5, 0.6) is 0 Å². The van der Waals surface area contributed by atoms with Crippen molar-refractivity contribution >= 4 is 40.9 Å². The van der Waals surface area contributed by atoms with Crippen LogP contribution in [-0.2, 0) is 9.53 Å². The van der Waals surface area contributed by atoms with E-state index in [2.05, 4.69) is 5.32 Å². The van der Waals surface area contributed by atoms with E-state index in [0.717, 1.165) is 23.9 Å². The third kappa shape index (κ3) is 5.69. The molecule has 28 heavy (non-hydrogen) atoms. The minimum Gasteiger partial charge on any atom is -0.465 e. The second-order valence-electron chi connectivity index (χ2n) is 6.26. The summed E-state index contributed by atoms with van der Waals surface area (Å²) in [5, 5.41) is 1.98. The molecule has 0 aliphatic rings. The highest BCUT2D eigenvalue weighted by molar-refractivity contribution is 8.00. The minimum absolute atomic E-state index is 0.0510. The molecule has 0 radical (unpaired) electrons. The van der Waals surface area contributed by atoms with E-state index in [1.165, 1.54) is 24.3 Å². The Morgan fingerprint density at radius 2 is 1.93 bits per heavy atom. The smallest absolute Gasteiger partial charge is 0.319 e. The maximum Gasteiger partial charge on any atom is 0.319 e. The fourth-order valence-corrected chi connectivity index (χ4v) is 3.71. The number of benzene rings is 2. The first-order valence-corrected chi connectivity index (χ1v) is 9.88. The second kappa shape index (κ2) is 9.89. The maximum absolute atomic E-state index is 14.3. The molecule has 4 nitrogen and oxygen atoms in total. The predicted octanol–water partition coefficient (Wildman–Crippen LogP) is 5.55. The summed E-state index contributed by atoms with van der Waals surface area (Å²) in [4.78, 5) is 24.9. The van der Waals surface area contributed by atoms with Crippen molar-refractivity contribution in [3.63, 3.8) is 0 Å². The van der Waals surface area contributed by atoms with Crippen molar-refractivity contribution in [1.29, 1.82) is 0 Å². The van der Waals surface area contributed by atoms with Crippen LogP contribution >= 0.6 is 23.4 Å². The lowest BCUT2D eigenvalue weighted by atomic mass is 10.1. The number of rotatable bonds is 7. The minimum atomic E-state index is -0.740. The number of nitrogens with one attached hydrogen (secondary N) is 1. The number of thioether (sulfide) groups is 1. The largest absolute Gasteiger partial charge is 0.465 e. The second-order valence-corrected chi connectivity index (χ2v) is 7.85. The average molecular weight is 428 g/mol. The van der Waals surface area contributed by atoms with Crippen molar-refractivity contribution < 1.29 is 23.1 Å². The van der Waals surface area contributed by atoms with E-state index in [9.17, 15) is 18.4 Å². The topological polar surface area (TPSA) is 55.4 Å². The molecule has 2 aromatic carbocycles. The Bertz CT molecular complexity index is 877. The molecule has 0 spiro atoms. The fraction of sp³-hybridized carbons (Fsp3) is 0.300. The molecule has 8 heteroatoms. The highest BCUT2D eigenvalue weighted by Gasteiger charge is 2.26. The summed E-state index contributed by atoms with van der Waals surface area (Å²) >= 11 is 7.27. The Balaban J connectivity index is 2.28. The van der Waals surface area contributed by atoms with E-state index < -0.39 is 28.8 Å². The molecule has 0 saturated heterocycles. The van der Waals surface area contributed by atoms with Crippen molar-refractivity contribution in [2.24, 2.45) is 5.92 Å². The number of anilines is 1. The van der Waals surface area contributed by atoms with E-state index in [-0.39, 0.29) is 28.8 Å². The van der Waals surface area contributed by atoms with Crippen LogP contribution in [0.3, 0.4) is 0 Å². The standard InChI is InChI=1S/C20H20ClF2NO3S/c1-4-27-20(26)18(11(2)3)28-17-10-16(15(23)9-14(17)21)24-19(25)12-6-5-7-13(22)8-12/h5-11,18H,4H2,1-3H3,(H,24,25). The van der Waals surface area contributed by atoms with E-state index in [1.54, 1.807) is 6.92 Å². The van der Waals surface area contributed by atoms with E-state index >= 15 is 0 Å². The van der Waals surface area contributed by atoms with Gasteiger partial charge < -0.3 is 10.1 Å². The normalized spacial score (nSPS) is 12.0. The molecule has 0 aliphatic heterocycles. The molecule has 2 rings (SSSR count). The van der Waals surface area contributed by atoms with Gasteiger partial charge in [-0.25, -0.2) is 8.78 Å². The summed E-state index contributed by atoms with van der Waals surface area (Å²) < 4.78 is 32.7. The van der Waals surface area contributed by atoms with Gasteiger partial charge in [0.05, 0.1) is 17.3 Å². The van der Waals surface area contributed by atoms with Gasteiger partial charge in [-0.2, -0.15) is 0 Å². The van der Waals surface area contributed by atoms with Gasteiger partial charge in [-0.15, -0.1) is 11.8 Å². The average Bonchev–Trinajstić information content (AvgIpc) is 2.62. The number of halogens is 3. The van der Waals surface area contributed by atoms with Crippen LogP contribution in [-0.4, -0.2) is 23.7 Å². The monoisotopic (exact) mass is 427 g/mol. The molecule has 2 aromatic rings. The van der Waals surface area contributed by atoms with E-state index in [0.29, 0.717) is 4.90 Å². The molecule has 0 heterocycles. The molecule has 1 atom stereocenters. The summed E-state index contributed by atoms with van der Waals surface area (Å²) in [5.41, 5.74) is -0.0670. The predicted molar refractivity (Wildman–Crippen MR) is 107 cm³/mol. The first-order valence-electron chi connectivity index (χ1n) is 8.62. The number of carbonyl (C=O) groups excluding carboxylic acids is 2. The number of hydrogen-bond donors (Lipinski definition) is 1. The van der Waals surface area contributed by atoms with E-state index in [4.69, 9.17) is 16.3 Å². The number of hydrogen-bond acceptors (Lipinski definition) is 4. The van der Waals surface area contributed by atoms with Crippen LogP contribution < -0.4 is 5.32 Å². The van der Waals surface area contributed by atoms with Crippen LogP contribution in [0.25, 0.3) is 0 Å². The molecule has 0 bridgehead atoms. The van der Waals surface area contributed by atoms with Gasteiger partial charge in [0.2, 0.25) is 0 Å². The summed E-state index contributed by atoms with van der Waals surface area (Å²) in [6.45, 7) is 5.68. The molecule has 1 amide bonds. The van der Waals surface area contributed by atoms with Crippen molar-refractivity contribution in [3.8, 4) is 0 Å². The Morgan fingerprint density at radius 1 is 1.21 bits per heavy atom. The number of ether oxygens (including phenoxy) is 1. The Labute approximate surface area is 171 Å². The van der Waals surface area contributed by atoms with Gasteiger partial charge in [0.15, 0.2) is 0 Å². The molecular formula is C20H20ClF2NO3S. The highest BCUT2D eigenvalue weighted by atomic mass is 35.5. The van der Waals surface area contributed by atoms with Gasteiger partial charge >= 0.3 is 5.97 Å². The van der Waals surface area contributed by atoms with Crippen LogP contribution in [0.15, 0.2) is 41.3 Å². The quantitative estimate of drug-likeness (QED) is 0.465. The van der Waals surface area contributed by atoms with Gasteiger partial charge in [0.1, 0.15) is 16.9 Å². The molecular weight excluding hydrogens is 408 g/mol. The molecule has 150 valence electrons. The fourth-order valence-electron chi connectivity index (χ4n) is 2.36. The maximum atomic E-state index is 14.3. The van der Waals surface area contributed by atoms with Crippen molar-refractivity contribution in [1.82, 2.24) is 0 Å². The molecule has 1 unspecified atom stereocenters. The van der Waals surface area contributed by atoms with Gasteiger partial charge in [-0.05, 0) is 43.2 Å². The first kappa shape index (κ1) is 22.2. The van der Waals surface area contributed by atoms with Crippen LogP contribution in [0.1, 0.15) is 31.1 Å². The Morgan fingerprint density at radius 3 is 2.54 bits per heavy atom. The Kier molecular flexibility index (Phi) is 7.83.